The molecule has 0 bridgehead atoms. The third kappa shape index (κ3) is 3.88. The molecule has 1 saturated heterocycles. The van der Waals surface area contributed by atoms with Gasteiger partial charge in [0.2, 0.25) is 10.0 Å². The zero-order valence-electron chi connectivity index (χ0n) is 15.5. The van der Waals surface area contributed by atoms with Gasteiger partial charge < -0.3 is 9.64 Å². The van der Waals surface area contributed by atoms with Crippen molar-refractivity contribution in [3.05, 3.63) is 64.7 Å². The van der Waals surface area contributed by atoms with Crippen LogP contribution < -0.4 is 0 Å². The van der Waals surface area contributed by atoms with Crippen LogP contribution in [0.25, 0.3) is 0 Å². The van der Waals surface area contributed by atoms with Gasteiger partial charge in [0.05, 0.1) is 10.5 Å². The van der Waals surface area contributed by atoms with Gasteiger partial charge in [0, 0.05) is 37.6 Å². The van der Waals surface area contributed by atoms with E-state index in [1.165, 1.54) is 28.6 Å². The highest BCUT2D eigenvalue weighted by Gasteiger charge is 2.36. The number of hydrogen-bond acceptors (Lipinski definition) is 5. The Hall–Kier alpha value is -2.42. The molecule has 0 spiro atoms. The lowest BCUT2D eigenvalue weighted by molar-refractivity contribution is -0.142. The number of amides is 1. The van der Waals surface area contributed by atoms with Crippen LogP contribution in [0.2, 0.25) is 5.02 Å². The van der Waals surface area contributed by atoms with E-state index in [0.29, 0.717) is 17.0 Å². The van der Waals surface area contributed by atoms with Gasteiger partial charge in [0.15, 0.2) is 6.10 Å². The lowest BCUT2D eigenvalue weighted by Gasteiger charge is -2.36. The number of carbonyl (C=O) groups excluding carboxylic acids is 2. The lowest BCUT2D eigenvalue weighted by Crippen LogP contribution is -2.54. The maximum absolute atomic E-state index is 12.8. The van der Waals surface area contributed by atoms with Gasteiger partial charge in [-0.3, -0.25) is 4.79 Å². The van der Waals surface area contributed by atoms with E-state index in [2.05, 4.69) is 0 Å². The van der Waals surface area contributed by atoms with Crippen LogP contribution in [-0.2, 0) is 26.0 Å². The maximum Gasteiger partial charge on any atom is 0.339 e. The molecule has 0 aromatic heterocycles. The summed E-state index contributed by atoms with van der Waals surface area (Å²) in [5.74, 6) is -0.800. The molecule has 2 aromatic rings. The fourth-order valence-electron chi connectivity index (χ4n) is 3.58. The number of fused-ring (bicyclic) bond motifs is 1. The SMILES string of the molecule is O=C1OC(C(=O)N2CCN(S(=O)(=O)c3ccc(Cl)cc3)CC2)Cc2ccccc21. The molecule has 1 amide bonds. The third-order valence-electron chi connectivity index (χ3n) is 5.17. The molecular formula is C20H19ClN2O5S. The Bertz CT molecular complexity index is 1050. The van der Waals surface area contributed by atoms with E-state index in [0.717, 1.165) is 5.56 Å². The first-order valence-corrected chi connectivity index (χ1v) is 11.0. The Kier molecular flexibility index (Phi) is 5.33. The summed E-state index contributed by atoms with van der Waals surface area (Å²) in [7, 11) is -3.65. The number of esters is 1. The Labute approximate surface area is 173 Å². The van der Waals surface area contributed by atoms with Crippen LogP contribution in [-0.4, -0.2) is 61.8 Å². The van der Waals surface area contributed by atoms with Crippen LogP contribution in [0.1, 0.15) is 15.9 Å². The fraction of sp³-hybridized carbons (Fsp3) is 0.300. The molecule has 2 aliphatic heterocycles. The molecule has 0 radical (unpaired) electrons. The van der Waals surface area contributed by atoms with Gasteiger partial charge >= 0.3 is 5.97 Å². The van der Waals surface area contributed by atoms with Crippen molar-refractivity contribution in [2.24, 2.45) is 0 Å². The quantitative estimate of drug-likeness (QED) is 0.689. The first-order chi connectivity index (χ1) is 13.9. The minimum Gasteiger partial charge on any atom is -0.448 e. The zero-order valence-corrected chi connectivity index (χ0v) is 17.0. The molecule has 7 nitrogen and oxygen atoms in total. The van der Waals surface area contributed by atoms with Gasteiger partial charge in [-0.2, -0.15) is 4.31 Å². The van der Waals surface area contributed by atoms with Crippen molar-refractivity contribution in [2.75, 3.05) is 26.2 Å². The second kappa shape index (κ2) is 7.78. The Morgan fingerprint density at radius 1 is 1.00 bits per heavy atom. The number of piperazine rings is 1. The Morgan fingerprint density at radius 3 is 2.34 bits per heavy atom. The predicted molar refractivity (Wildman–Crippen MR) is 106 cm³/mol. The number of hydrogen-bond donors (Lipinski definition) is 0. The lowest BCUT2D eigenvalue weighted by atomic mass is 9.98. The first kappa shape index (κ1) is 19.9. The normalized spacial score (nSPS) is 20.1. The molecule has 29 heavy (non-hydrogen) atoms. The third-order valence-corrected chi connectivity index (χ3v) is 7.33. The molecule has 2 aromatic carbocycles. The standard InChI is InChI=1S/C20H19ClN2O5S/c21-15-5-7-16(8-6-15)29(26,27)23-11-9-22(10-12-23)19(24)18-13-14-3-1-2-4-17(14)20(25)28-18/h1-8,18H,9-13H2. The highest BCUT2D eigenvalue weighted by atomic mass is 35.5. The van der Waals surface area contributed by atoms with E-state index in [-0.39, 0.29) is 37.0 Å². The highest BCUT2D eigenvalue weighted by Crippen LogP contribution is 2.23. The predicted octanol–water partition coefficient (Wildman–Crippen LogP) is 1.95. The molecule has 0 saturated carbocycles. The van der Waals surface area contributed by atoms with Crippen molar-refractivity contribution >= 4 is 33.5 Å². The van der Waals surface area contributed by atoms with Gasteiger partial charge in [-0.1, -0.05) is 29.8 Å². The fourth-order valence-corrected chi connectivity index (χ4v) is 5.13. The number of benzene rings is 2. The molecule has 4 rings (SSSR count). The average molecular weight is 435 g/mol. The van der Waals surface area contributed by atoms with Gasteiger partial charge in [-0.25, -0.2) is 13.2 Å². The highest BCUT2D eigenvalue weighted by molar-refractivity contribution is 7.89. The monoisotopic (exact) mass is 434 g/mol. The second-order valence-electron chi connectivity index (χ2n) is 6.94. The topological polar surface area (TPSA) is 84.0 Å². The summed E-state index contributed by atoms with van der Waals surface area (Å²) in [5, 5.41) is 0.461. The summed E-state index contributed by atoms with van der Waals surface area (Å²) in [5.41, 5.74) is 1.27. The number of rotatable bonds is 3. The van der Waals surface area contributed by atoms with Crippen molar-refractivity contribution in [1.82, 2.24) is 9.21 Å². The average Bonchev–Trinajstić information content (AvgIpc) is 2.73. The van der Waals surface area contributed by atoms with E-state index in [1.807, 2.05) is 12.1 Å². The summed E-state index contributed by atoms with van der Waals surface area (Å²) in [4.78, 5) is 26.7. The smallest absolute Gasteiger partial charge is 0.339 e. The van der Waals surface area contributed by atoms with Gasteiger partial charge in [0.1, 0.15) is 0 Å². The number of ether oxygens (including phenoxy) is 1. The van der Waals surface area contributed by atoms with Gasteiger partial charge in [0.25, 0.3) is 5.91 Å². The summed E-state index contributed by atoms with van der Waals surface area (Å²) in [6.07, 6.45) is -0.554. The van der Waals surface area contributed by atoms with Crippen molar-refractivity contribution in [3.63, 3.8) is 0 Å². The van der Waals surface area contributed by atoms with Crippen LogP contribution in [0.3, 0.4) is 0 Å². The van der Waals surface area contributed by atoms with E-state index in [1.54, 1.807) is 17.0 Å². The maximum atomic E-state index is 12.8. The zero-order chi connectivity index (χ0) is 20.6. The van der Waals surface area contributed by atoms with E-state index in [4.69, 9.17) is 16.3 Å². The molecular weight excluding hydrogens is 416 g/mol. The second-order valence-corrected chi connectivity index (χ2v) is 9.31. The number of halogens is 1. The Balaban J connectivity index is 1.41. The summed E-state index contributed by atoms with van der Waals surface area (Å²) >= 11 is 5.83. The minimum absolute atomic E-state index is 0.166. The van der Waals surface area contributed by atoms with Crippen LogP contribution >= 0.6 is 11.6 Å². The van der Waals surface area contributed by atoms with Gasteiger partial charge in [-0.15, -0.1) is 0 Å². The Morgan fingerprint density at radius 2 is 1.66 bits per heavy atom. The molecule has 1 atom stereocenters. The van der Waals surface area contributed by atoms with Crippen molar-refractivity contribution in [2.45, 2.75) is 17.4 Å². The molecule has 152 valence electrons. The van der Waals surface area contributed by atoms with Crippen LogP contribution in [0.4, 0.5) is 0 Å². The summed E-state index contributed by atoms with van der Waals surface area (Å²) in [6.45, 7) is 0.824. The number of nitrogens with zero attached hydrogens (tertiary/aromatic N) is 2. The summed E-state index contributed by atoms with van der Waals surface area (Å²) in [6, 6.07) is 13.1. The molecule has 2 aliphatic rings. The van der Waals surface area contributed by atoms with Crippen LogP contribution in [0.5, 0.6) is 0 Å². The molecule has 9 heteroatoms. The molecule has 0 N–H and O–H groups in total. The van der Waals surface area contributed by atoms with E-state index >= 15 is 0 Å². The largest absolute Gasteiger partial charge is 0.448 e. The molecule has 0 aliphatic carbocycles. The number of carbonyl (C=O) groups is 2. The molecule has 2 heterocycles. The minimum atomic E-state index is -3.65. The molecule has 1 fully saturated rings. The summed E-state index contributed by atoms with van der Waals surface area (Å²) < 4.78 is 32.2. The van der Waals surface area contributed by atoms with E-state index in [9.17, 15) is 18.0 Å². The van der Waals surface area contributed by atoms with Gasteiger partial charge in [-0.05, 0) is 35.9 Å². The van der Waals surface area contributed by atoms with Crippen molar-refractivity contribution in [3.8, 4) is 0 Å². The number of cyclic esters (lactones) is 1. The number of sulfonamides is 1. The first-order valence-electron chi connectivity index (χ1n) is 9.19. The van der Waals surface area contributed by atoms with Crippen molar-refractivity contribution < 1.29 is 22.7 Å². The van der Waals surface area contributed by atoms with Crippen molar-refractivity contribution in [1.29, 1.82) is 0 Å². The van der Waals surface area contributed by atoms with E-state index < -0.39 is 22.1 Å². The van der Waals surface area contributed by atoms with Crippen LogP contribution in [0, 0.1) is 0 Å². The van der Waals surface area contributed by atoms with Crippen LogP contribution in [0.15, 0.2) is 53.4 Å². The molecule has 1 unspecified atom stereocenters.